The number of amides is 4. The molecule has 0 spiro atoms. The summed E-state index contributed by atoms with van der Waals surface area (Å²) < 4.78 is 11.3. The van der Waals surface area contributed by atoms with Crippen molar-refractivity contribution < 1.29 is 23.9 Å². The molecule has 0 aromatic heterocycles. The van der Waals surface area contributed by atoms with Crippen molar-refractivity contribution in [3.63, 3.8) is 0 Å². The summed E-state index contributed by atoms with van der Waals surface area (Å²) in [5.41, 5.74) is 2.74. The van der Waals surface area contributed by atoms with Crippen molar-refractivity contribution in [1.82, 2.24) is 10.2 Å². The van der Waals surface area contributed by atoms with Crippen molar-refractivity contribution >= 4 is 64.4 Å². The van der Waals surface area contributed by atoms with Gasteiger partial charge in [-0.1, -0.05) is 66.0 Å². The van der Waals surface area contributed by atoms with Crippen LogP contribution in [0, 0.1) is 0 Å². The molecule has 0 unspecified atom stereocenters. The zero-order chi connectivity index (χ0) is 28.1. The molecule has 4 amide bonds. The monoisotopic (exact) mass is 587 g/mol. The molecule has 8 nitrogen and oxygen atoms in total. The van der Waals surface area contributed by atoms with Crippen molar-refractivity contribution in [3.8, 4) is 11.5 Å². The Hall–Kier alpha value is -3.72. The summed E-state index contributed by atoms with van der Waals surface area (Å²) in [5.74, 6) is -0.554. The van der Waals surface area contributed by atoms with Gasteiger partial charge in [-0.2, -0.15) is 0 Å². The van der Waals surface area contributed by atoms with Crippen molar-refractivity contribution in [2.24, 2.45) is 0 Å². The standard InChI is InChI=1S/C28H24Cl3N3O5/c1-3-17-6-4-5-7-22(17)32-25(35)14-34-27(36)23(33-28(34)37)11-16-10-21(31)26(24(12-16)38-2)39-15-18-8-9-19(29)13-20(18)30/h4-13H,3,14-15H2,1-2H3,(H,32,35)(H,33,37)/b23-11+. The smallest absolute Gasteiger partial charge is 0.329 e. The number of carbonyl (C=O) groups excluding carboxylic acids is 3. The van der Waals surface area contributed by atoms with Crippen molar-refractivity contribution in [2.45, 2.75) is 20.0 Å². The van der Waals surface area contributed by atoms with E-state index in [1.54, 1.807) is 42.5 Å². The minimum absolute atomic E-state index is 0.0125. The van der Waals surface area contributed by atoms with E-state index < -0.39 is 24.4 Å². The second kappa shape index (κ2) is 12.4. The van der Waals surface area contributed by atoms with Gasteiger partial charge in [0.25, 0.3) is 5.91 Å². The molecule has 0 aliphatic carbocycles. The molecule has 11 heteroatoms. The van der Waals surface area contributed by atoms with Crippen LogP contribution in [0.5, 0.6) is 11.5 Å². The fraction of sp³-hybridized carbons (Fsp3) is 0.179. The van der Waals surface area contributed by atoms with Gasteiger partial charge in [0.15, 0.2) is 11.5 Å². The first-order chi connectivity index (χ1) is 18.7. The van der Waals surface area contributed by atoms with Gasteiger partial charge in [0.1, 0.15) is 18.8 Å². The molecule has 1 aliphatic rings. The van der Waals surface area contributed by atoms with Gasteiger partial charge in [0, 0.05) is 21.3 Å². The third-order valence-electron chi connectivity index (χ3n) is 5.89. The molecule has 1 aliphatic heterocycles. The largest absolute Gasteiger partial charge is 0.493 e. The molecule has 202 valence electrons. The Labute approximate surface area is 240 Å². The number of carbonyl (C=O) groups is 3. The molecule has 0 radical (unpaired) electrons. The molecule has 0 atom stereocenters. The first-order valence-corrected chi connectivity index (χ1v) is 13.0. The molecule has 1 saturated heterocycles. The Bertz CT molecular complexity index is 1470. The van der Waals surface area contributed by atoms with E-state index >= 15 is 0 Å². The minimum Gasteiger partial charge on any atom is -0.493 e. The van der Waals surface area contributed by atoms with Gasteiger partial charge >= 0.3 is 6.03 Å². The Morgan fingerprint density at radius 1 is 1.03 bits per heavy atom. The van der Waals surface area contributed by atoms with E-state index in [1.807, 2.05) is 19.1 Å². The van der Waals surface area contributed by atoms with E-state index in [4.69, 9.17) is 44.3 Å². The number of aryl methyl sites for hydroxylation is 1. The van der Waals surface area contributed by atoms with Crippen LogP contribution in [0.2, 0.25) is 15.1 Å². The highest BCUT2D eigenvalue weighted by molar-refractivity contribution is 6.35. The van der Waals surface area contributed by atoms with Crippen molar-refractivity contribution in [1.29, 1.82) is 0 Å². The fourth-order valence-corrected chi connectivity index (χ4v) is 4.65. The molecule has 0 saturated carbocycles. The lowest BCUT2D eigenvalue weighted by Crippen LogP contribution is -2.38. The van der Waals surface area contributed by atoms with Gasteiger partial charge in [-0.3, -0.25) is 9.59 Å². The predicted molar refractivity (Wildman–Crippen MR) is 151 cm³/mol. The summed E-state index contributed by atoms with van der Waals surface area (Å²) >= 11 is 18.6. The summed E-state index contributed by atoms with van der Waals surface area (Å²) in [6.07, 6.45) is 2.16. The molecule has 3 aromatic rings. The highest BCUT2D eigenvalue weighted by atomic mass is 35.5. The van der Waals surface area contributed by atoms with Gasteiger partial charge in [-0.05, 0) is 54.0 Å². The number of nitrogens with one attached hydrogen (secondary N) is 2. The SMILES string of the molecule is CCc1ccccc1NC(=O)CN1C(=O)N/C(=C/c2cc(Cl)c(OCc3ccc(Cl)cc3Cl)c(OC)c2)C1=O. The van der Waals surface area contributed by atoms with Crippen molar-refractivity contribution in [2.75, 3.05) is 19.0 Å². The summed E-state index contributed by atoms with van der Waals surface area (Å²) in [5, 5.41) is 6.43. The number of imide groups is 1. The number of hydrogen-bond acceptors (Lipinski definition) is 5. The summed E-state index contributed by atoms with van der Waals surface area (Å²) in [7, 11) is 1.45. The maximum absolute atomic E-state index is 12.9. The number of methoxy groups -OCH3 is 1. The number of ether oxygens (including phenoxy) is 2. The summed E-state index contributed by atoms with van der Waals surface area (Å²) in [6, 6.07) is 14.8. The second-order valence-corrected chi connectivity index (χ2v) is 9.75. The lowest BCUT2D eigenvalue weighted by atomic mass is 10.1. The molecule has 3 aromatic carbocycles. The average Bonchev–Trinajstić information content (AvgIpc) is 3.16. The van der Waals surface area contributed by atoms with Crippen LogP contribution in [-0.4, -0.2) is 36.4 Å². The van der Waals surface area contributed by atoms with Crippen LogP contribution in [0.1, 0.15) is 23.6 Å². The topological polar surface area (TPSA) is 97.0 Å². The Balaban J connectivity index is 1.48. The number of halogens is 3. The molecular weight excluding hydrogens is 565 g/mol. The Kier molecular flexibility index (Phi) is 9.01. The lowest BCUT2D eigenvalue weighted by molar-refractivity contribution is -0.127. The van der Waals surface area contributed by atoms with Gasteiger partial charge in [0.05, 0.1) is 12.1 Å². The lowest BCUT2D eigenvalue weighted by Gasteiger charge is -2.14. The zero-order valence-electron chi connectivity index (χ0n) is 21.0. The molecule has 4 rings (SSSR count). The maximum atomic E-state index is 12.9. The van der Waals surface area contributed by atoms with E-state index in [0.717, 1.165) is 16.9 Å². The molecular formula is C28H24Cl3N3O5. The number of nitrogens with zero attached hydrogens (tertiary/aromatic N) is 1. The van der Waals surface area contributed by atoms with Crippen LogP contribution >= 0.6 is 34.8 Å². The van der Waals surface area contributed by atoms with E-state index in [0.29, 0.717) is 32.6 Å². The highest BCUT2D eigenvalue weighted by Gasteiger charge is 2.35. The highest BCUT2D eigenvalue weighted by Crippen LogP contribution is 2.38. The molecule has 1 heterocycles. The number of para-hydroxylation sites is 1. The van der Waals surface area contributed by atoms with Crippen LogP contribution in [-0.2, 0) is 22.6 Å². The summed E-state index contributed by atoms with van der Waals surface area (Å²) in [6.45, 7) is 1.64. The number of hydrogen-bond donors (Lipinski definition) is 2. The predicted octanol–water partition coefficient (Wildman–Crippen LogP) is 6.33. The van der Waals surface area contributed by atoms with E-state index in [9.17, 15) is 14.4 Å². The third-order valence-corrected chi connectivity index (χ3v) is 6.75. The molecule has 0 bridgehead atoms. The normalized spacial score (nSPS) is 14.0. The zero-order valence-corrected chi connectivity index (χ0v) is 23.3. The third kappa shape index (κ3) is 6.65. The molecule has 39 heavy (non-hydrogen) atoms. The first kappa shape index (κ1) is 28.3. The minimum atomic E-state index is -0.706. The second-order valence-electron chi connectivity index (χ2n) is 8.50. The fourth-order valence-electron chi connectivity index (χ4n) is 3.92. The number of benzene rings is 3. The van der Waals surface area contributed by atoms with Gasteiger partial charge in [-0.25, -0.2) is 9.69 Å². The average molecular weight is 589 g/mol. The van der Waals surface area contributed by atoms with Crippen LogP contribution in [0.4, 0.5) is 10.5 Å². The first-order valence-electron chi connectivity index (χ1n) is 11.9. The number of anilines is 1. The summed E-state index contributed by atoms with van der Waals surface area (Å²) in [4.78, 5) is 38.9. The Morgan fingerprint density at radius 3 is 2.51 bits per heavy atom. The van der Waals surface area contributed by atoms with Crippen molar-refractivity contribution in [3.05, 3.63) is 92.1 Å². The molecule has 2 N–H and O–H groups in total. The van der Waals surface area contributed by atoms with Crippen LogP contribution in [0.25, 0.3) is 6.08 Å². The number of urea groups is 1. The van der Waals surface area contributed by atoms with Crippen LogP contribution in [0.3, 0.4) is 0 Å². The van der Waals surface area contributed by atoms with Gasteiger partial charge in [0.2, 0.25) is 5.91 Å². The van der Waals surface area contributed by atoms with Gasteiger partial charge < -0.3 is 20.1 Å². The molecule has 1 fully saturated rings. The van der Waals surface area contributed by atoms with E-state index in [1.165, 1.54) is 13.2 Å². The van der Waals surface area contributed by atoms with Crippen LogP contribution in [0.15, 0.2) is 60.3 Å². The quantitative estimate of drug-likeness (QED) is 0.225. The Morgan fingerprint density at radius 2 is 1.79 bits per heavy atom. The van der Waals surface area contributed by atoms with Gasteiger partial charge in [-0.15, -0.1) is 0 Å². The number of rotatable bonds is 9. The maximum Gasteiger partial charge on any atom is 0.329 e. The van der Waals surface area contributed by atoms with E-state index in [-0.39, 0.29) is 23.1 Å². The van der Waals surface area contributed by atoms with E-state index in [2.05, 4.69) is 10.6 Å². The van der Waals surface area contributed by atoms with Crippen LogP contribution < -0.4 is 20.1 Å².